The van der Waals surface area contributed by atoms with Crippen molar-refractivity contribution in [2.75, 3.05) is 0 Å². The van der Waals surface area contributed by atoms with Crippen molar-refractivity contribution in [3.63, 3.8) is 0 Å². The first-order valence-electron chi connectivity index (χ1n) is 5.41. The summed E-state index contributed by atoms with van der Waals surface area (Å²) in [4.78, 5) is 21.9. The SMILES string of the molecule is CC(C)(C)C1CCC(=O)C(CC=O)C1. The molecule has 0 heterocycles. The topological polar surface area (TPSA) is 34.1 Å². The lowest BCUT2D eigenvalue weighted by Crippen LogP contribution is -2.32. The lowest BCUT2D eigenvalue weighted by Gasteiger charge is -2.36. The van der Waals surface area contributed by atoms with Gasteiger partial charge in [0.1, 0.15) is 12.1 Å². The Hall–Kier alpha value is -0.660. The van der Waals surface area contributed by atoms with E-state index in [0.717, 1.165) is 19.1 Å². The second-order valence-electron chi connectivity index (χ2n) is 5.40. The molecule has 0 aromatic heterocycles. The maximum absolute atomic E-state index is 11.5. The molecule has 0 N–H and O–H groups in total. The Kier molecular flexibility index (Phi) is 3.46. The van der Waals surface area contributed by atoms with Gasteiger partial charge in [0.2, 0.25) is 0 Å². The van der Waals surface area contributed by atoms with Crippen LogP contribution in [0.5, 0.6) is 0 Å². The van der Waals surface area contributed by atoms with Crippen molar-refractivity contribution in [2.45, 2.75) is 46.5 Å². The van der Waals surface area contributed by atoms with Crippen molar-refractivity contribution in [3.05, 3.63) is 0 Å². The molecular weight excluding hydrogens is 176 g/mol. The molecule has 1 aliphatic carbocycles. The summed E-state index contributed by atoms with van der Waals surface area (Å²) in [6, 6.07) is 0. The Balaban J connectivity index is 2.62. The van der Waals surface area contributed by atoms with Crippen LogP contribution in [-0.4, -0.2) is 12.1 Å². The Morgan fingerprint density at radius 1 is 1.43 bits per heavy atom. The van der Waals surface area contributed by atoms with Crippen molar-refractivity contribution < 1.29 is 9.59 Å². The number of rotatable bonds is 2. The smallest absolute Gasteiger partial charge is 0.136 e. The molecule has 0 radical (unpaired) electrons. The molecule has 0 aromatic carbocycles. The maximum atomic E-state index is 11.5. The molecule has 80 valence electrons. The summed E-state index contributed by atoms with van der Waals surface area (Å²) in [5.41, 5.74) is 0.266. The van der Waals surface area contributed by atoms with Crippen LogP contribution in [0.25, 0.3) is 0 Å². The van der Waals surface area contributed by atoms with Gasteiger partial charge in [0.25, 0.3) is 0 Å². The van der Waals surface area contributed by atoms with Gasteiger partial charge < -0.3 is 4.79 Å². The second-order valence-corrected chi connectivity index (χ2v) is 5.40. The van der Waals surface area contributed by atoms with Gasteiger partial charge >= 0.3 is 0 Å². The van der Waals surface area contributed by atoms with Crippen molar-refractivity contribution in [1.82, 2.24) is 0 Å². The predicted molar refractivity (Wildman–Crippen MR) is 56.0 cm³/mol. The number of hydrogen-bond acceptors (Lipinski definition) is 2. The molecular formula is C12H20O2. The lowest BCUT2D eigenvalue weighted by molar-refractivity contribution is -0.128. The summed E-state index contributed by atoms with van der Waals surface area (Å²) < 4.78 is 0. The Morgan fingerprint density at radius 2 is 2.07 bits per heavy atom. The summed E-state index contributed by atoms with van der Waals surface area (Å²) in [6.45, 7) is 6.64. The fourth-order valence-electron chi connectivity index (χ4n) is 2.24. The van der Waals surface area contributed by atoms with Crippen LogP contribution in [0, 0.1) is 17.3 Å². The van der Waals surface area contributed by atoms with E-state index in [0.29, 0.717) is 18.8 Å². The van der Waals surface area contributed by atoms with Gasteiger partial charge in [-0.3, -0.25) is 4.79 Å². The van der Waals surface area contributed by atoms with Crippen molar-refractivity contribution in [3.8, 4) is 0 Å². The fourth-order valence-corrected chi connectivity index (χ4v) is 2.24. The molecule has 1 rings (SSSR count). The zero-order valence-electron chi connectivity index (χ0n) is 9.38. The minimum Gasteiger partial charge on any atom is -0.303 e. The van der Waals surface area contributed by atoms with E-state index in [1.165, 1.54) is 0 Å². The van der Waals surface area contributed by atoms with Crippen molar-refractivity contribution in [2.24, 2.45) is 17.3 Å². The van der Waals surface area contributed by atoms with Crippen LogP contribution in [0.3, 0.4) is 0 Å². The van der Waals surface area contributed by atoms with Gasteiger partial charge in [0.05, 0.1) is 0 Å². The zero-order valence-corrected chi connectivity index (χ0v) is 9.38. The van der Waals surface area contributed by atoms with Crippen LogP contribution in [0.15, 0.2) is 0 Å². The monoisotopic (exact) mass is 196 g/mol. The number of aldehydes is 1. The molecule has 2 atom stereocenters. The van der Waals surface area contributed by atoms with Gasteiger partial charge in [-0.05, 0) is 24.2 Å². The lowest BCUT2D eigenvalue weighted by atomic mass is 9.68. The van der Waals surface area contributed by atoms with Gasteiger partial charge in [-0.1, -0.05) is 20.8 Å². The van der Waals surface area contributed by atoms with Gasteiger partial charge in [0, 0.05) is 18.8 Å². The highest BCUT2D eigenvalue weighted by Gasteiger charge is 2.34. The summed E-state index contributed by atoms with van der Waals surface area (Å²) in [5.74, 6) is 0.883. The minimum absolute atomic E-state index is 0.00507. The number of hydrogen-bond donors (Lipinski definition) is 0. The van der Waals surface area contributed by atoms with Crippen molar-refractivity contribution >= 4 is 12.1 Å². The highest BCUT2D eigenvalue weighted by molar-refractivity contribution is 5.83. The minimum atomic E-state index is 0.00507. The molecule has 0 bridgehead atoms. The third kappa shape index (κ3) is 2.66. The first-order chi connectivity index (χ1) is 6.45. The summed E-state index contributed by atoms with van der Waals surface area (Å²) in [6.07, 6.45) is 3.87. The average molecular weight is 196 g/mol. The summed E-state index contributed by atoms with van der Waals surface area (Å²) in [5, 5.41) is 0. The van der Waals surface area contributed by atoms with E-state index in [4.69, 9.17) is 0 Å². The first kappa shape index (κ1) is 11.4. The highest BCUT2D eigenvalue weighted by atomic mass is 16.1. The van der Waals surface area contributed by atoms with Crippen LogP contribution >= 0.6 is 0 Å². The van der Waals surface area contributed by atoms with E-state index >= 15 is 0 Å². The van der Waals surface area contributed by atoms with E-state index in [-0.39, 0.29) is 17.1 Å². The first-order valence-corrected chi connectivity index (χ1v) is 5.41. The molecule has 2 heteroatoms. The van der Waals surface area contributed by atoms with Crippen LogP contribution in [0.4, 0.5) is 0 Å². The van der Waals surface area contributed by atoms with Gasteiger partial charge in [-0.2, -0.15) is 0 Å². The molecule has 2 nitrogen and oxygen atoms in total. The molecule has 1 saturated carbocycles. The average Bonchev–Trinajstić information content (AvgIpc) is 2.07. The number of ketones is 1. The second kappa shape index (κ2) is 4.24. The van der Waals surface area contributed by atoms with Gasteiger partial charge in [-0.15, -0.1) is 0 Å². The predicted octanol–water partition coefficient (Wildman–Crippen LogP) is 2.61. The van der Waals surface area contributed by atoms with Crippen LogP contribution in [-0.2, 0) is 9.59 Å². The molecule has 1 aliphatic rings. The quantitative estimate of drug-likeness (QED) is 0.636. The largest absolute Gasteiger partial charge is 0.303 e. The van der Waals surface area contributed by atoms with Crippen molar-refractivity contribution in [1.29, 1.82) is 0 Å². The molecule has 0 spiro atoms. The molecule has 0 amide bonds. The molecule has 1 fully saturated rings. The van der Waals surface area contributed by atoms with E-state index in [1.54, 1.807) is 0 Å². The third-order valence-electron chi connectivity index (χ3n) is 3.37. The number of carbonyl (C=O) groups is 2. The molecule has 0 saturated heterocycles. The van der Waals surface area contributed by atoms with E-state index in [1.807, 2.05) is 0 Å². The van der Waals surface area contributed by atoms with E-state index in [9.17, 15) is 9.59 Å². The van der Waals surface area contributed by atoms with E-state index < -0.39 is 0 Å². The Labute approximate surface area is 86.1 Å². The third-order valence-corrected chi connectivity index (χ3v) is 3.37. The Bertz CT molecular complexity index is 225. The molecule has 14 heavy (non-hydrogen) atoms. The van der Waals surface area contributed by atoms with Gasteiger partial charge in [-0.25, -0.2) is 0 Å². The maximum Gasteiger partial charge on any atom is 0.136 e. The van der Waals surface area contributed by atoms with Crippen LogP contribution in [0.1, 0.15) is 46.5 Å². The Morgan fingerprint density at radius 3 is 2.57 bits per heavy atom. The van der Waals surface area contributed by atoms with E-state index in [2.05, 4.69) is 20.8 Å². The normalized spacial score (nSPS) is 28.9. The summed E-state index contributed by atoms with van der Waals surface area (Å²) >= 11 is 0. The van der Waals surface area contributed by atoms with Crippen LogP contribution < -0.4 is 0 Å². The summed E-state index contributed by atoms with van der Waals surface area (Å²) in [7, 11) is 0. The standard InChI is InChI=1S/C12H20O2/c1-12(2,3)10-4-5-11(14)9(8-10)6-7-13/h7,9-10H,4-6,8H2,1-3H3. The fraction of sp³-hybridized carbons (Fsp3) is 0.833. The van der Waals surface area contributed by atoms with Crippen LogP contribution in [0.2, 0.25) is 0 Å². The highest BCUT2D eigenvalue weighted by Crippen LogP contribution is 2.39. The molecule has 0 aliphatic heterocycles. The number of carbonyl (C=O) groups excluding carboxylic acids is 2. The van der Waals surface area contributed by atoms with Gasteiger partial charge in [0.15, 0.2) is 0 Å². The molecule has 2 unspecified atom stereocenters. The molecule has 0 aromatic rings. The zero-order chi connectivity index (χ0) is 10.8. The number of Topliss-reactive ketones (excluding diaryl/α,β-unsaturated/α-hetero) is 1.